The summed E-state index contributed by atoms with van der Waals surface area (Å²) < 4.78 is 5.17. The lowest BCUT2D eigenvalue weighted by molar-refractivity contribution is -0.136. The van der Waals surface area contributed by atoms with E-state index in [2.05, 4.69) is 0 Å². The molecule has 1 N–H and O–H groups in total. The number of carboxylic acids is 1. The van der Waals surface area contributed by atoms with Gasteiger partial charge in [0.2, 0.25) is 0 Å². The normalized spacial score (nSPS) is 11.8. The summed E-state index contributed by atoms with van der Waals surface area (Å²) in [4.78, 5) is 11.4. The Balaban J connectivity index is 2.08. The lowest BCUT2D eigenvalue weighted by atomic mass is 10.1. The Morgan fingerprint density at radius 3 is 2.60 bits per heavy atom. The molecule has 0 spiro atoms. The summed E-state index contributed by atoms with van der Waals surface area (Å²) in [6, 6.07) is 17.0. The average molecular weight is 288 g/mol. The van der Waals surface area contributed by atoms with Crippen LogP contribution in [0.4, 0.5) is 0 Å². The molecule has 0 fully saturated rings. The van der Waals surface area contributed by atoms with E-state index in [0.717, 1.165) is 16.9 Å². The summed E-state index contributed by atoms with van der Waals surface area (Å²) in [5.74, 6) is 0.599. The highest BCUT2D eigenvalue weighted by Gasteiger charge is 2.19. The first-order chi connectivity index (χ1) is 9.70. The number of aliphatic carboxylic acids is 1. The largest absolute Gasteiger partial charge is 0.497 e. The molecule has 0 aromatic heterocycles. The molecule has 0 saturated carbocycles. The Morgan fingerprint density at radius 2 is 1.95 bits per heavy atom. The summed E-state index contributed by atoms with van der Waals surface area (Å²) in [6.45, 7) is 0. The van der Waals surface area contributed by atoms with Crippen molar-refractivity contribution in [2.24, 2.45) is 0 Å². The van der Waals surface area contributed by atoms with Gasteiger partial charge in [-0.1, -0.05) is 42.5 Å². The van der Waals surface area contributed by atoms with Crippen molar-refractivity contribution in [2.75, 3.05) is 7.11 Å². The van der Waals surface area contributed by atoms with Crippen molar-refractivity contribution in [3.05, 3.63) is 65.7 Å². The van der Waals surface area contributed by atoms with Gasteiger partial charge in [0.25, 0.3) is 0 Å². The molecule has 0 saturated heterocycles. The molecule has 0 aliphatic heterocycles. The topological polar surface area (TPSA) is 46.5 Å². The molecule has 104 valence electrons. The Labute approximate surface area is 122 Å². The van der Waals surface area contributed by atoms with Crippen LogP contribution in [0.2, 0.25) is 0 Å². The van der Waals surface area contributed by atoms with Gasteiger partial charge >= 0.3 is 5.97 Å². The second kappa shape index (κ2) is 7.01. The fraction of sp³-hybridized carbons (Fsp3) is 0.188. The summed E-state index contributed by atoms with van der Waals surface area (Å²) in [5, 5.41) is 8.81. The summed E-state index contributed by atoms with van der Waals surface area (Å²) >= 11 is 1.40. The maximum atomic E-state index is 11.4. The number of carboxylic acid groups (broad SMARTS) is 1. The maximum absolute atomic E-state index is 11.4. The lowest BCUT2D eigenvalue weighted by Crippen LogP contribution is -2.08. The van der Waals surface area contributed by atoms with Crippen molar-refractivity contribution in [2.45, 2.75) is 11.0 Å². The highest BCUT2D eigenvalue weighted by atomic mass is 32.2. The van der Waals surface area contributed by atoms with E-state index in [9.17, 15) is 9.90 Å². The van der Waals surface area contributed by atoms with Crippen molar-refractivity contribution in [3.63, 3.8) is 0 Å². The van der Waals surface area contributed by atoms with Gasteiger partial charge in [0.1, 0.15) is 11.0 Å². The first-order valence-corrected chi connectivity index (χ1v) is 7.28. The van der Waals surface area contributed by atoms with Gasteiger partial charge in [-0.05, 0) is 23.3 Å². The van der Waals surface area contributed by atoms with Crippen LogP contribution >= 0.6 is 11.8 Å². The smallest absolute Gasteiger partial charge is 0.321 e. The van der Waals surface area contributed by atoms with Crippen LogP contribution in [-0.4, -0.2) is 18.2 Å². The fourth-order valence-corrected chi connectivity index (χ4v) is 2.91. The van der Waals surface area contributed by atoms with Crippen LogP contribution in [0.3, 0.4) is 0 Å². The lowest BCUT2D eigenvalue weighted by Gasteiger charge is -2.12. The van der Waals surface area contributed by atoms with Crippen molar-refractivity contribution < 1.29 is 14.6 Å². The first kappa shape index (κ1) is 14.5. The first-order valence-electron chi connectivity index (χ1n) is 6.23. The Hall–Kier alpha value is -1.94. The van der Waals surface area contributed by atoms with E-state index in [1.165, 1.54) is 11.8 Å². The molecule has 0 aliphatic rings. The molecular formula is C16H16O3S. The van der Waals surface area contributed by atoms with E-state index in [1.54, 1.807) is 7.11 Å². The minimum atomic E-state index is -0.816. The van der Waals surface area contributed by atoms with Crippen molar-refractivity contribution in [3.8, 4) is 5.75 Å². The van der Waals surface area contributed by atoms with E-state index in [4.69, 9.17) is 4.74 Å². The zero-order valence-electron chi connectivity index (χ0n) is 11.2. The van der Waals surface area contributed by atoms with Gasteiger partial charge in [0.05, 0.1) is 7.11 Å². The summed E-state index contributed by atoms with van der Waals surface area (Å²) in [6.07, 6.45) is 0. The number of benzene rings is 2. The molecule has 1 unspecified atom stereocenters. The zero-order valence-corrected chi connectivity index (χ0v) is 12.0. The third kappa shape index (κ3) is 3.78. The van der Waals surface area contributed by atoms with Crippen LogP contribution < -0.4 is 4.74 Å². The van der Waals surface area contributed by atoms with Gasteiger partial charge in [-0.3, -0.25) is 4.79 Å². The summed E-state index contributed by atoms with van der Waals surface area (Å²) in [5.41, 5.74) is 1.87. The minimum Gasteiger partial charge on any atom is -0.497 e. The molecule has 4 heteroatoms. The number of hydrogen-bond acceptors (Lipinski definition) is 3. The number of hydrogen-bond donors (Lipinski definition) is 1. The predicted octanol–water partition coefficient (Wildman–Crippen LogP) is 3.75. The number of rotatable bonds is 6. The molecule has 0 bridgehead atoms. The van der Waals surface area contributed by atoms with Crippen LogP contribution in [-0.2, 0) is 10.5 Å². The number of thioether (sulfide) groups is 1. The second-order valence-corrected chi connectivity index (χ2v) is 5.38. The van der Waals surface area contributed by atoms with Gasteiger partial charge in [0, 0.05) is 5.75 Å². The maximum Gasteiger partial charge on any atom is 0.321 e. The van der Waals surface area contributed by atoms with Crippen molar-refractivity contribution in [1.82, 2.24) is 0 Å². The van der Waals surface area contributed by atoms with Crippen LogP contribution in [0, 0.1) is 0 Å². The summed E-state index contributed by atoms with van der Waals surface area (Å²) in [7, 11) is 1.62. The molecular weight excluding hydrogens is 272 g/mol. The SMILES string of the molecule is COc1cccc(CSC(C(=O)O)c2ccccc2)c1. The van der Waals surface area contributed by atoms with Gasteiger partial charge in [-0.15, -0.1) is 11.8 Å². The van der Waals surface area contributed by atoms with Crippen LogP contribution in [0.5, 0.6) is 5.75 Å². The standard InChI is InChI=1S/C16H16O3S/c1-19-14-9-5-6-12(10-14)11-20-15(16(17)18)13-7-3-2-4-8-13/h2-10,15H,11H2,1H3,(H,17,18). The molecule has 0 heterocycles. The Bertz CT molecular complexity index is 569. The van der Waals surface area contributed by atoms with Gasteiger partial charge in [-0.2, -0.15) is 0 Å². The van der Waals surface area contributed by atoms with E-state index in [1.807, 2.05) is 54.6 Å². The van der Waals surface area contributed by atoms with E-state index in [0.29, 0.717) is 5.75 Å². The van der Waals surface area contributed by atoms with Gasteiger partial charge in [-0.25, -0.2) is 0 Å². The minimum absolute atomic E-state index is 0.553. The van der Waals surface area contributed by atoms with Crippen molar-refractivity contribution >= 4 is 17.7 Å². The Kier molecular flexibility index (Phi) is 5.07. The predicted molar refractivity (Wildman–Crippen MR) is 81.1 cm³/mol. The third-order valence-corrected chi connectivity index (χ3v) is 4.18. The molecule has 2 aromatic carbocycles. The molecule has 2 rings (SSSR count). The van der Waals surface area contributed by atoms with E-state index < -0.39 is 11.2 Å². The van der Waals surface area contributed by atoms with Crippen LogP contribution in [0.1, 0.15) is 16.4 Å². The van der Waals surface area contributed by atoms with Crippen LogP contribution in [0.15, 0.2) is 54.6 Å². The van der Waals surface area contributed by atoms with E-state index in [-0.39, 0.29) is 0 Å². The van der Waals surface area contributed by atoms with E-state index >= 15 is 0 Å². The van der Waals surface area contributed by atoms with Crippen LogP contribution in [0.25, 0.3) is 0 Å². The molecule has 2 aromatic rings. The average Bonchev–Trinajstić information content (AvgIpc) is 2.48. The third-order valence-electron chi connectivity index (χ3n) is 2.88. The monoisotopic (exact) mass is 288 g/mol. The second-order valence-electron chi connectivity index (χ2n) is 4.29. The molecule has 1 atom stereocenters. The highest BCUT2D eigenvalue weighted by molar-refractivity contribution is 7.99. The molecule has 3 nitrogen and oxygen atoms in total. The highest BCUT2D eigenvalue weighted by Crippen LogP contribution is 2.32. The fourth-order valence-electron chi connectivity index (χ4n) is 1.88. The quantitative estimate of drug-likeness (QED) is 0.879. The molecule has 0 radical (unpaired) electrons. The molecule has 20 heavy (non-hydrogen) atoms. The number of methoxy groups -OCH3 is 1. The number of ether oxygens (including phenoxy) is 1. The molecule has 0 aliphatic carbocycles. The Morgan fingerprint density at radius 1 is 1.20 bits per heavy atom. The van der Waals surface area contributed by atoms with Crippen molar-refractivity contribution in [1.29, 1.82) is 0 Å². The number of carbonyl (C=O) groups is 1. The van der Waals surface area contributed by atoms with Gasteiger partial charge < -0.3 is 9.84 Å². The van der Waals surface area contributed by atoms with Gasteiger partial charge in [0.15, 0.2) is 0 Å². The zero-order chi connectivity index (χ0) is 14.4. The molecule has 0 amide bonds.